The van der Waals surface area contributed by atoms with Gasteiger partial charge in [-0.15, -0.1) is 11.3 Å². The van der Waals surface area contributed by atoms with Crippen molar-refractivity contribution in [1.82, 2.24) is 13.7 Å². The molecule has 3 aromatic rings. The smallest absolute Gasteiger partial charge is 0.338 e. The van der Waals surface area contributed by atoms with Gasteiger partial charge in [0.05, 0.1) is 16.2 Å². The van der Waals surface area contributed by atoms with Gasteiger partial charge in [0.2, 0.25) is 10.0 Å². The lowest BCUT2D eigenvalue weighted by Crippen LogP contribution is -2.30. The van der Waals surface area contributed by atoms with Crippen LogP contribution in [0.25, 0.3) is 4.96 Å². The summed E-state index contributed by atoms with van der Waals surface area (Å²) in [7, 11) is -3.70. The van der Waals surface area contributed by atoms with E-state index in [2.05, 4.69) is 4.98 Å². The molecule has 160 valence electrons. The number of nitrogens with zero attached hydrogens (tertiary/aromatic N) is 3. The summed E-state index contributed by atoms with van der Waals surface area (Å²) in [6.07, 6.45) is 0. The Bertz CT molecular complexity index is 1260. The highest BCUT2D eigenvalue weighted by molar-refractivity contribution is 7.89. The molecule has 0 aliphatic rings. The van der Waals surface area contributed by atoms with Crippen molar-refractivity contribution in [3.8, 4) is 0 Å². The number of carbonyl (C=O) groups excluding carboxylic acids is 1. The summed E-state index contributed by atoms with van der Waals surface area (Å²) < 4.78 is 33.6. The minimum Gasteiger partial charge on any atom is -0.456 e. The number of fused-ring (bicyclic) bond motifs is 1. The van der Waals surface area contributed by atoms with E-state index in [0.29, 0.717) is 29.3 Å². The maximum atomic E-state index is 12.8. The molecule has 0 radical (unpaired) electrons. The Balaban J connectivity index is 1.85. The Hall–Kier alpha value is -2.56. The molecule has 0 saturated carbocycles. The van der Waals surface area contributed by atoms with Crippen molar-refractivity contribution >= 4 is 32.3 Å². The number of rotatable bonds is 7. The molecule has 0 bridgehead atoms. The fourth-order valence-electron chi connectivity index (χ4n) is 3.09. The van der Waals surface area contributed by atoms with Crippen molar-refractivity contribution in [2.24, 2.45) is 0 Å². The maximum absolute atomic E-state index is 12.8. The molecule has 0 saturated heterocycles. The average Bonchev–Trinajstić information content (AvgIpc) is 3.08. The maximum Gasteiger partial charge on any atom is 0.338 e. The first-order valence-corrected chi connectivity index (χ1v) is 11.8. The minimum absolute atomic E-state index is 0.0376. The van der Waals surface area contributed by atoms with Crippen LogP contribution in [-0.2, 0) is 21.4 Å². The molecule has 2 heterocycles. The fourth-order valence-corrected chi connectivity index (χ4v) is 5.46. The molecular formula is C20H23N3O5S2. The lowest BCUT2D eigenvalue weighted by Gasteiger charge is -2.19. The summed E-state index contributed by atoms with van der Waals surface area (Å²) in [5, 5.41) is 1.82. The number of carbonyl (C=O) groups is 1. The first-order chi connectivity index (χ1) is 14.2. The third-order valence-electron chi connectivity index (χ3n) is 4.75. The largest absolute Gasteiger partial charge is 0.456 e. The number of esters is 1. The third kappa shape index (κ3) is 4.16. The van der Waals surface area contributed by atoms with Gasteiger partial charge in [-0.05, 0) is 31.5 Å². The topological polar surface area (TPSA) is 98.0 Å². The van der Waals surface area contributed by atoms with Crippen LogP contribution in [0.15, 0.2) is 39.3 Å². The van der Waals surface area contributed by atoms with Crippen LogP contribution in [0, 0.1) is 13.8 Å². The van der Waals surface area contributed by atoms with Gasteiger partial charge in [0.25, 0.3) is 5.56 Å². The number of thiazole rings is 1. The van der Waals surface area contributed by atoms with Crippen molar-refractivity contribution in [2.75, 3.05) is 13.1 Å². The van der Waals surface area contributed by atoms with Gasteiger partial charge >= 0.3 is 5.97 Å². The Morgan fingerprint density at radius 2 is 1.90 bits per heavy atom. The number of benzene rings is 1. The van der Waals surface area contributed by atoms with E-state index in [-0.39, 0.29) is 22.6 Å². The van der Waals surface area contributed by atoms with Crippen LogP contribution < -0.4 is 5.56 Å². The summed E-state index contributed by atoms with van der Waals surface area (Å²) in [4.78, 5) is 29.8. The zero-order valence-electron chi connectivity index (χ0n) is 17.2. The van der Waals surface area contributed by atoms with Crippen LogP contribution in [0.3, 0.4) is 0 Å². The SMILES string of the molecule is CCN(CC)S(=O)(=O)c1ccc(C)c(C(=O)OCc2cc(=O)n3c(C)csc3n2)c1. The Labute approximate surface area is 178 Å². The van der Waals surface area contributed by atoms with Crippen LogP contribution in [0.5, 0.6) is 0 Å². The first kappa shape index (κ1) is 22.1. The molecule has 0 unspecified atom stereocenters. The van der Waals surface area contributed by atoms with Gasteiger partial charge in [-0.2, -0.15) is 4.31 Å². The molecule has 0 atom stereocenters. The molecule has 2 aromatic heterocycles. The Kier molecular flexibility index (Phi) is 6.39. The second kappa shape index (κ2) is 8.66. The average molecular weight is 450 g/mol. The molecule has 3 rings (SSSR count). The molecular weight excluding hydrogens is 426 g/mol. The lowest BCUT2D eigenvalue weighted by atomic mass is 10.1. The van der Waals surface area contributed by atoms with Gasteiger partial charge in [0, 0.05) is 30.2 Å². The molecule has 0 amide bonds. The number of sulfonamides is 1. The number of aromatic nitrogens is 2. The van der Waals surface area contributed by atoms with Crippen molar-refractivity contribution in [1.29, 1.82) is 0 Å². The molecule has 1 aromatic carbocycles. The van der Waals surface area contributed by atoms with E-state index in [1.807, 2.05) is 12.3 Å². The van der Waals surface area contributed by atoms with Crippen LogP contribution in [0.2, 0.25) is 0 Å². The number of ether oxygens (including phenoxy) is 1. The van der Waals surface area contributed by atoms with Crippen molar-refractivity contribution in [3.05, 3.63) is 62.5 Å². The van der Waals surface area contributed by atoms with Gasteiger partial charge in [-0.3, -0.25) is 9.20 Å². The molecule has 10 heteroatoms. The highest BCUT2D eigenvalue weighted by Gasteiger charge is 2.24. The van der Waals surface area contributed by atoms with Crippen LogP contribution >= 0.6 is 11.3 Å². The summed E-state index contributed by atoms with van der Waals surface area (Å²) >= 11 is 1.33. The molecule has 0 N–H and O–H groups in total. The van der Waals surface area contributed by atoms with Gasteiger partial charge in [-0.1, -0.05) is 19.9 Å². The molecule has 30 heavy (non-hydrogen) atoms. The Morgan fingerprint density at radius 3 is 2.57 bits per heavy atom. The zero-order valence-corrected chi connectivity index (χ0v) is 18.8. The third-order valence-corrected chi connectivity index (χ3v) is 7.74. The highest BCUT2D eigenvalue weighted by atomic mass is 32.2. The molecule has 0 fully saturated rings. The van der Waals surface area contributed by atoms with Gasteiger partial charge < -0.3 is 4.74 Å². The van der Waals surface area contributed by atoms with E-state index in [0.717, 1.165) is 5.69 Å². The van der Waals surface area contributed by atoms with Crippen molar-refractivity contribution in [2.45, 2.75) is 39.2 Å². The van der Waals surface area contributed by atoms with E-state index in [1.165, 1.54) is 38.2 Å². The molecule has 0 aliphatic heterocycles. The van der Waals surface area contributed by atoms with E-state index in [1.54, 1.807) is 26.8 Å². The molecule has 8 nitrogen and oxygen atoms in total. The van der Waals surface area contributed by atoms with Crippen LogP contribution in [0.1, 0.15) is 41.2 Å². The predicted molar refractivity (Wildman–Crippen MR) is 114 cm³/mol. The van der Waals surface area contributed by atoms with E-state index in [9.17, 15) is 18.0 Å². The summed E-state index contributed by atoms with van der Waals surface area (Å²) in [5.74, 6) is -0.673. The molecule has 0 spiro atoms. The summed E-state index contributed by atoms with van der Waals surface area (Å²) in [5.41, 5.74) is 1.63. The second-order valence-electron chi connectivity index (χ2n) is 6.72. The lowest BCUT2D eigenvalue weighted by molar-refractivity contribution is 0.0466. The van der Waals surface area contributed by atoms with E-state index in [4.69, 9.17) is 4.74 Å². The van der Waals surface area contributed by atoms with E-state index < -0.39 is 16.0 Å². The van der Waals surface area contributed by atoms with Crippen molar-refractivity contribution < 1.29 is 17.9 Å². The molecule has 0 aliphatic carbocycles. The number of hydrogen-bond donors (Lipinski definition) is 0. The van der Waals surface area contributed by atoms with Gasteiger partial charge in [0.1, 0.15) is 6.61 Å². The second-order valence-corrected chi connectivity index (χ2v) is 9.50. The van der Waals surface area contributed by atoms with Crippen LogP contribution in [0.4, 0.5) is 0 Å². The van der Waals surface area contributed by atoms with Gasteiger partial charge in [0.15, 0.2) is 4.96 Å². The van der Waals surface area contributed by atoms with Crippen molar-refractivity contribution in [3.63, 3.8) is 0 Å². The van der Waals surface area contributed by atoms with Crippen LogP contribution in [-0.4, -0.2) is 41.2 Å². The van der Waals surface area contributed by atoms with Gasteiger partial charge in [-0.25, -0.2) is 18.2 Å². The highest BCUT2D eigenvalue weighted by Crippen LogP contribution is 2.21. The fraction of sp³-hybridized carbons (Fsp3) is 0.350. The number of aryl methyl sites for hydroxylation is 2. The summed E-state index contributed by atoms with van der Waals surface area (Å²) in [6.45, 7) is 7.51. The zero-order chi connectivity index (χ0) is 22.1. The monoisotopic (exact) mass is 449 g/mol. The normalized spacial score (nSPS) is 11.9. The quantitative estimate of drug-likeness (QED) is 0.515. The predicted octanol–water partition coefficient (Wildman–Crippen LogP) is 2.76. The summed E-state index contributed by atoms with van der Waals surface area (Å²) in [6, 6.07) is 5.72. The standard InChI is InChI=1S/C20H23N3O5S2/c1-5-22(6-2)30(26,27)16-8-7-13(3)17(10-16)19(25)28-11-15-9-18(24)23-14(4)12-29-20(23)21-15/h7-10,12H,5-6,11H2,1-4H3. The van der Waals surface area contributed by atoms with E-state index >= 15 is 0 Å². The first-order valence-electron chi connectivity index (χ1n) is 9.43. The minimum atomic E-state index is -3.70. The number of hydrogen-bond acceptors (Lipinski definition) is 7. The Morgan fingerprint density at radius 1 is 1.20 bits per heavy atom.